The summed E-state index contributed by atoms with van der Waals surface area (Å²) in [5.74, 6) is -0.0328. The molecule has 0 aliphatic rings. The molecule has 7 heteroatoms. The van der Waals surface area contributed by atoms with Crippen LogP contribution in [0.25, 0.3) is 0 Å². The molecule has 0 aliphatic carbocycles. The van der Waals surface area contributed by atoms with E-state index in [0.29, 0.717) is 6.42 Å². The second-order valence-corrected chi connectivity index (χ2v) is 4.54. The summed E-state index contributed by atoms with van der Waals surface area (Å²) in [6, 6.07) is 0.170. The van der Waals surface area contributed by atoms with Gasteiger partial charge in [0.25, 0.3) is 0 Å². The van der Waals surface area contributed by atoms with Gasteiger partial charge in [-0.25, -0.2) is 0 Å². The van der Waals surface area contributed by atoms with Crippen LogP contribution in [0.3, 0.4) is 0 Å². The van der Waals surface area contributed by atoms with Crippen molar-refractivity contribution in [3.8, 4) is 0 Å². The van der Waals surface area contributed by atoms with Gasteiger partial charge in [0, 0.05) is 12.5 Å². The Morgan fingerprint density at radius 3 is 2.58 bits per heavy atom. The van der Waals surface area contributed by atoms with Gasteiger partial charge in [-0.05, 0) is 19.4 Å². The lowest BCUT2D eigenvalue weighted by molar-refractivity contribution is -0.128. The fourth-order valence-electron chi connectivity index (χ4n) is 1.81. The van der Waals surface area contributed by atoms with E-state index in [4.69, 9.17) is 4.52 Å². The first-order chi connectivity index (χ1) is 8.94. The fourth-order valence-corrected chi connectivity index (χ4v) is 1.81. The molecule has 0 aliphatic heterocycles. The first kappa shape index (κ1) is 15.9. The molecule has 0 spiro atoms. The maximum atomic E-state index is 12.2. The van der Waals surface area contributed by atoms with Gasteiger partial charge >= 0.3 is 6.18 Å². The number of hydrogen-bond acceptors (Lipinski definition) is 4. The van der Waals surface area contributed by atoms with E-state index in [9.17, 15) is 13.2 Å². The Kier molecular flexibility index (Phi) is 6.27. The van der Waals surface area contributed by atoms with E-state index in [1.807, 2.05) is 0 Å². The highest BCUT2D eigenvalue weighted by Crippen LogP contribution is 2.19. The lowest BCUT2D eigenvalue weighted by atomic mass is 10.1. The van der Waals surface area contributed by atoms with Crippen LogP contribution < -0.4 is 5.32 Å². The molecule has 0 aromatic carbocycles. The van der Waals surface area contributed by atoms with Gasteiger partial charge in [-0.3, -0.25) is 0 Å². The molecule has 0 bridgehead atoms. The average molecular weight is 279 g/mol. The maximum absolute atomic E-state index is 12.2. The second-order valence-electron chi connectivity index (χ2n) is 4.54. The molecule has 1 N–H and O–H groups in total. The van der Waals surface area contributed by atoms with Gasteiger partial charge in [0.1, 0.15) is 6.42 Å². The van der Waals surface area contributed by atoms with Crippen molar-refractivity contribution in [3.05, 3.63) is 11.7 Å². The van der Waals surface area contributed by atoms with Crippen molar-refractivity contribution < 1.29 is 17.7 Å². The van der Waals surface area contributed by atoms with Crippen LogP contribution in [0, 0.1) is 0 Å². The van der Waals surface area contributed by atoms with E-state index in [-0.39, 0.29) is 17.8 Å². The maximum Gasteiger partial charge on any atom is 0.396 e. The fraction of sp³-hybridized carbons (Fsp3) is 0.833. The Morgan fingerprint density at radius 2 is 2.00 bits per heavy atom. The average Bonchev–Trinajstić information content (AvgIpc) is 2.71. The summed E-state index contributed by atoms with van der Waals surface area (Å²) in [5.41, 5.74) is 0. The predicted molar refractivity (Wildman–Crippen MR) is 64.8 cm³/mol. The molecule has 0 radical (unpaired) electrons. The Bertz CT molecular complexity index is 365. The third-order valence-corrected chi connectivity index (χ3v) is 2.61. The van der Waals surface area contributed by atoms with Crippen LogP contribution in [-0.4, -0.2) is 28.9 Å². The second kappa shape index (κ2) is 7.47. The summed E-state index contributed by atoms with van der Waals surface area (Å²) in [4.78, 5) is 3.79. The number of rotatable bonds is 8. The molecule has 1 atom stereocenters. The highest BCUT2D eigenvalue weighted by molar-refractivity contribution is 4.91. The van der Waals surface area contributed by atoms with E-state index in [0.717, 1.165) is 25.8 Å². The minimum absolute atomic E-state index is 0.170. The summed E-state index contributed by atoms with van der Waals surface area (Å²) in [6.07, 6.45) is -2.05. The third kappa shape index (κ3) is 6.56. The third-order valence-electron chi connectivity index (χ3n) is 2.61. The van der Waals surface area contributed by atoms with Crippen LogP contribution in [0.5, 0.6) is 0 Å². The standard InChI is InChI=1S/C12H20F3N3O/c1-3-5-9(16-6-4-2)7-11-17-10(18-19-11)8-12(13,14)15/h9,16H,3-8H2,1-2H3. The SMILES string of the molecule is CCCNC(CCC)Cc1nc(CC(F)(F)F)no1. The number of aromatic nitrogens is 2. The van der Waals surface area contributed by atoms with Gasteiger partial charge in [-0.2, -0.15) is 18.2 Å². The zero-order valence-electron chi connectivity index (χ0n) is 11.3. The molecule has 1 rings (SSSR count). The number of hydrogen-bond donors (Lipinski definition) is 1. The normalized spacial score (nSPS) is 13.7. The van der Waals surface area contributed by atoms with Crippen molar-refractivity contribution in [1.29, 1.82) is 0 Å². The van der Waals surface area contributed by atoms with Crippen molar-refractivity contribution in [2.24, 2.45) is 0 Å². The molecule has 0 fully saturated rings. The summed E-state index contributed by atoms with van der Waals surface area (Å²) in [6.45, 7) is 4.99. The monoisotopic (exact) mass is 279 g/mol. The predicted octanol–water partition coefficient (Wildman–Crippen LogP) is 2.89. The molecule has 110 valence electrons. The molecule has 1 unspecified atom stereocenters. The lowest BCUT2D eigenvalue weighted by Crippen LogP contribution is -2.31. The van der Waals surface area contributed by atoms with Crippen molar-refractivity contribution in [1.82, 2.24) is 15.5 Å². The van der Waals surface area contributed by atoms with Gasteiger partial charge in [-0.1, -0.05) is 25.4 Å². The molecule has 0 amide bonds. The molecule has 0 saturated heterocycles. The Hall–Kier alpha value is -1.11. The molecule has 1 aromatic rings. The highest BCUT2D eigenvalue weighted by atomic mass is 19.4. The van der Waals surface area contributed by atoms with Crippen LogP contribution in [0.2, 0.25) is 0 Å². The van der Waals surface area contributed by atoms with Crippen LogP contribution in [-0.2, 0) is 12.8 Å². The zero-order valence-corrected chi connectivity index (χ0v) is 11.3. The minimum atomic E-state index is -4.30. The lowest BCUT2D eigenvalue weighted by Gasteiger charge is -2.15. The summed E-state index contributed by atoms with van der Waals surface area (Å²) < 4.78 is 41.4. The highest BCUT2D eigenvalue weighted by Gasteiger charge is 2.30. The number of alkyl halides is 3. The van der Waals surface area contributed by atoms with E-state index in [2.05, 4.69) is 29.3 Å². The smallest absolute Gasteiger partial charge is 0.339 e. The van der Waals surface area contributed by atoms with Crippen LogP contribution in [0.1, 0.15) is 44.8 Å². The van der Waals surface area contributed by atoms with E-state index < -0.39 is 12.6 Å². The van der Waals surface area contributed by atoms with Crippen molar-refractivity contribution >= 4 is 0 Å². The number of nitrogens with one attached hydrogen (secondary N) is 1. The molecule has 1 heterocycles. The Balaban J connectivity index is 2.54. The minimum Gasteiger partial charge on any atom is -0.339 e. The van der Waals surface area contributed by atoms with Gasteiger partial charge in [-0.15, -0.1) is 0 Å². The number of nitrogens with zero attached hydrogens (tertiary/aromatic N) is 2. The van der Waals surface area contributed by atoms with Crippen molar-refractivity contribution in [2.75, 3.05) is 6.54 Å². The quantitative estimate of drug-likeness (QED) is 0.795. The van der Waals surface area contributed by atoms with Crippen LogP contribution >= 0.6 is 0 Å². The zero-order chi connectivity index (χ0) is 14.3. The van der Waals surface area contributed by atoms with Crippen molar-refractivity contribution in [3.63, 3.8) is 0 Å². The molecule has 4 nitrogen and oxygen atoms in total. The molecular formula is C12H20F3N3O. The summed E-state index contributed by atoms with van der Waals surface area (Å²) >= 11 is 0. The van der Waals surface area contributed by atoms with E-state index in [1.54, 1.807) is 0 Å². The molecule has 0 saturated carbocycles. The van der Waals surface area contributed by atoms with E-state index in [1.165, 1.54) is 0 Å². The van der Waals surface area contributed by atoms with Crippen LogP contribution in [0.4, 0.5) is 13.2 Å². The van der Waals surface area contributed by atoms with Crippen LogP contribution in [0.15, 0.2) is 4.52 Å². The van der Waals surface area contributed by atoms with Gasteiger partial charge in [0.05, 0.1) is 0 Å². The summed E-state index contributed by atoms with van der Waals surface area (Å²) in [7, 11) is 0. The molecule has 19 heavy (non-hydrogen) atoms. The van der Waals surface area contributed by atoms with E-state index >= 15 is 0 Å². The largest absolute Gasteiger partial charge is 0.396 e. The van der Waals surface area contributed by atoms with Crippen molar-refractivity contribution in [2.45, 2.75) is 58.2 Å². The number of halogens is 3. The first-order valence-electron chi connectivity index (χ1n) is 6.56. The summed E-state index contributed by atoms with van der Waals surface area (Å²) in [5, 5.41) is 6.69. The Morgan fingerprint density at radius 1 is 1.26 bits per heavy atom. The van der Waals surface area contributed by atoms with Gasteiger partial charge in [0.15, 0.2) is 5.82 Å². The van der Waals surface area contributed by atoms with Gasteiger partial charge in [0.2, 0.25) is 5.89 Å². The Labute approximate surface area is 110 Å². The van der Waals surface area contributed by atoms with Gasteiger partial charge < -0.3 is 9.84 Å². The first-order valence-corrected chi connectivity index (χ1v) is 6.56. The molecule has 1 aromatic heterocycles. The topological polar surface area (TPSA) is 51.0 Å². The molecular weight excluding hydrogens is 259 g/mol.